The Bertz CT molecular complexity index is 810. The zero-order valence-electron chi connectivity index (χ0n) is 17.0. The molecule has 0 unspecified atom stereocenters. The molecule has 3 N–H and O–H groups in total. The van der Waals surface area contributed by atoms with Crippen molar-refractivity contribution in [2.75, 3.05) is 11.3 Å². The molecule has 1 aromatic carbocycles. The maximum Gasteiger partial charge on any atom is 0.478 e. The van der Waals surface area contributed by atoms with Gasteiger partial charge in [0.1, 0.15) is 6.04 Å². The van der Waals surface area contributed by atoms with Crippen LogP contribution in [0.25, 0.3) is 0 Å². The van der Waals surface area contributed by atoms with Crippen molar-refractivity contribution in [1.29, 1.82) is 0 Å². The zero-order chi connectivity index (χ0) is 20.3. The van der Waals surface area contributed by atoms with Crippen molar-refractivity contribution in [3.63, 3.8) is 0 Å². The molecule has 28 heavy (non-hydrogen) atoms. The second-order valence-corrected chi connectivity index (χ2v) is 8.93. The van der Waals surface area contributed by atoms with E-state index < -0.39 is 30.4 Å². The Labute approximate surface area is 166 Å². The number of anilines is 1. The van der Waals surface area contributed by atoms with Gasteiger partial charge in [-0.1, -0.05) is 18.2 Å². The fourth-order valence-corrected chi connectivity index (χ4v) is 4.21. The van der Waals surface area contributed by atoms with Crippen LogP contribution in [0.15, 0.2) is 18.2 Å². The maximum absolute atomic E-state index is 13.0. The average Bonchev–Trinajstić information content (AvgIpc) is 3.06. The molecular weight excluding hydrogens is 357 g/mol. The summed E-state index contributed by atoms with van der Waals surface area (Å²) in [6.45, 7) is 7.89. The molecule has 3 aliphatic heterocycles. The van der Waals surface area contributed by atoms with Gasteiger partial charge in [-0.25, -0.2) is 0 Å². The SMILES string of the molecule is CC1(C)OB(CNC(=O)[C@@H]2Cc3cccc4c3N2C(=O)[C@@H](N)CC4)OC1(C)C. The molecular formula is C20H28BN3O4. The Kier molecular flexibility index (Phi) is 4.56. The van der Waals surface area contributed by atoms with E-state index in [4.69, 9.17) is 15.0 Å². The highest BCUT2D eigenvalue weighted by Crippen LogP contribution is 2.39. The van der Waals surface area contributed by atoms with Crippen LogP contribution in [0.4, 0.5) is 5.69 Å². The Morgan fingerprint density at radius 1 is 1.25 bits per heavy atom. The molecule has 1 fully saturated rings. The minimum Gasteiger partial charge on any atom is -0.402 e. The van der Waals surface area contributed by atoms with Crippen LogP contribution in [0.1, 0.15) is 45.2 Å². The summed E-state index contributed by atoms with van der Waals surface area (Å²) < 4.78 is 11.9. The molecule has 8 heteroatoms. The molecule has 0 bridgehead atoms. The van der Waals surface area contributed by atoms with Gasteiger partial charge in [0.05, 0.1) is 29.4 Å². The highest BCUT2D eigenvalue weighted by molar-refractivity contribution is 6.46. The number of carbonyl (C=O) groups is 2. The molecule has 1 aromatic rings. The molecule has 0 saturated carbocycles. The second-order valence-electron chi connectivity index (χ2n) is 8.93. The van der Waals surface area contributed by atoms with Crippen LogP contribution >= 0.6 is 0 Å². The van der Waals surface area contributed by atoms with E-state index in [-0.39, 0.29) is 18.3 Å². The standard InChI is InChI=1S/C20H28BN3O4/c1-19(2)20(3,4)28-21(27-19)11-23-17(25)15-10-13-7-5-6-12-8-9-14(22)18(26)24(15)16(12)13/h5-7,14-15H,8-11,22H2,1-4H3,(H,23,25)/t14-,15-/m0/s1. The molecule has 0 spiro atoms. The van der Waals surface area contributed by atoms with Gasteiger partial charge in [-0.3, -0.25) is 14.5 Å². The molecule has 3 heterocycles. The predicted octanol–water partition coefficient (Wildman–Crippen LogP) is 0.965. The van der Waals surface area contributed by atoms with E-state index >= 15 is 0 Å². The number of benzene rings is 1. The first-order chi connectivity index (χ1) is 13.1. The highest BCUT2D eigenvalue weighted by Gasteiger charge is 2.51. The Morgan fingerprint density at radius 2 is 1.89 bits per heavy atom. The number of rotatable bonds is 3. The molecule has 0 aliphatic carbocycles. The van der Waals surface area contributed by atoms with Crippen molar-refractivity contribution in [2.24, 2.45) is 5.73 Å². The maximum atomic E-state index is 13.0. The first-order valence-electron chi connectivity index (χ1n) is 9.93. The number of nitrogens with one attached hydrogen (secondary N) is 1. The second kappa shape index (κ2) is 6.57. The quantitative estimate of drug-likeness (QED) is 0.757. The van der Waals surface area contributed by atoms with Crippen LogP contribution in [0, 0.1) is 0 Å². The van der Waals surface area contributed by atoms with E-state index in [1.54, 1.807) is 4.90 Å². The molecule has 2 atom stereocenters. The first-order valence-corrected chi connectivity index (χ1v) is 9.93. The summed E-state index contributed by atoms with van der Waals surface area (Å²) in [5.41, 5.74) is 8.16. The summed E-state index contributed by atoms with van der Waals surface area (Å²) in [5, 5.41) is 2.92. The van der Waals surface area contributed by atoms with E-state index in [0.29, 0.717) is 12.8 Å². The van der Waals surface area contributed by atoms with Crippen LogP contribution in [0.3, 0.4) is 0 Å². The number of hydrogen-bond acceptors (Lipinski definition) is 5. The first kappa shape index (κ1) is 19.4. The van der Waals surface area contributed by atoms with Gasteiger partial charge in [-0.15, -0.1) is 0 Å². The Hall–Kier alpha value is -1.90. The minimum absolute atomic E-state index is 0.181. The summed E-state index contributed by atoms with van der Waals surface area (Å²) >= 11 is 0. The Balaban J connectivity index is 1.50. The lowest BCUT2D eigenvalue weighted by atomic mass is 9.90. The number of nitrogens with two attached hydrogens (primary N) is 1. The fourth-order valence-electron chi connectivity index (χ4n) is 4.21. The van der Waals surface area contributed by atoms with Crippen molar-refractivity contribution in [3.05, 3.63) is 29.3 Å². The van der Waals surface area contributed by atoms with E-state index in [9.17, 15) is 9.59 Å². The summed E-state index contributed by atoms with van der Waals surface area (Å²) in [6.07, 6.45) is 2.07. The molecule has 4 rings (SSSR count). The third-order valence-electron chi connectivity index (χ3n) is 6.50. The molecule has 150 valence electrons. The number of nitrogens with zero attached hydrogens (tertiary/aromatic N) is 1. The van der Waals surface area contributed by atoms with E-state index in [0.717, 1.165) is 23.2 Å². The van der Waals surface area contributed by atoms with E-state index in [2.05, 4.69) is 5.32 Å². The van der Waals surface area contributed by atoms with Crippen LogP contribution in [0.5, 0.6) is 0 Å². The molecule has 3 aliphatic rings. The van der Waals surface area contributed by atoms with Gasteiger partial charge in [-0.2, -0.15) is 0 Å². The monoisotopic (exact) mass is 385 g/mol. The van der Waals surface area contributed by atoms with Crippen LogP contribution < -0.4 is 16.0 Å². The number of carbonyl (C=O) groups excluding carboxylic acids is 2. The summed E-state index contributed by atoms with van der Waals surface area (Å²) in [6, 6.07) is 4.81. The van der Waals surface area contributed by atoms with Crippen molar-refractivity contribution >= 4 is 24.6 Å². The highest BCUT2D eigenvalue weighted by atomic mass is 16.7. The third kappa shape index (κ3) is 3.04. The number of aryl methyl sites for hydroxylation is 1. The average molecular weight is 385 g/mol. The molecule has 2 amide bonds. The van der Waals surface area contributed by atoms with Gasteiger partial charge in [0.25, 0.3) is 0 Å². The van der Waals surface area contributed by atoms with Gasteiger partial charge in [0.15, 0.2) is 0 Å². The molecule has 1 saturated heterocycles. The fraction of sp³-hybridized carbons (Fsp3) is 0.600. The van der Waals surface area contributed by atoms with E-state index in [1.807, 2.05) is 45.9 Å². The van der Waals surface area contributed by atoms with Gasteiger partial charge < -0.3 is 20.4 Å². The lowest BCUT2D eigenvalue weighted by molar-refractivity contribution is -0.126. The van der Waals surface area contributed by atoms with Crippen molar-refractivity contribution in [2.45, 2.75) is 70.2 Å². The topological polar surface area (TPSA) is 93.9 Å². The number of hydrogen-bond donors (Lipinski definition) is 2. The van der Waals surface area contributed by atoms with Crippen LogP contribution in [-0.4, -0.2) is 48.7 Å². The third-order valence-corrected chi connectivity index (χ3v) is 6.50. The van der Waals surface area contributed by atoms with Gasteiger partial charge in [-0.05, 0) is 51.7 Å². The normalized spacial score (nSPS) is 27.5. The predicted molar refractivity (Wildman–Crippen MR) is 107 cm³/mol. The summed E-state index contributed by atoms with van der Waals surface area (Å²) in [7, 11) is -0.518. The van der Waals surface area contributed by atoms with E-state index in [1.165, 1.54) is 0 Å². The van der Waals surface area contributed by atoms with Crippen molar-refractivity contribution in [3.8, 4) is 0 Å². The van der Waals surface area contributed by atoms with Crippen LogP contribution in [0.2, 0.25) is 0 Å². The number of amides is 2. The lowest BCUT2D eigenvalue weighted by Crippen LogP contribution is -2.53. The van der Waals surface area contributed by atoms with Crippen LogP contribution in [-0.2, 0) is 31.7 Å². The molecule has 0 aromatic heterocycles. The smallest absolute Gasteiger partial charge is 0.402 e. The minimum atomic E-state index is -0.588. The molecule has 7 nitrogen and oxygen atoms in total. The van der Waals surface area contributed by atoms with Gasteiger partial charge in [0.2, 0.25) is 11.8 Å². The largest absolute Gasteiger partial charge is 0.478 e. The number of para-hydroxylation sites is 1. The summed E-state index contributed by atoms with van der Waals surface area (Å²) in [5.74, 6) is -0.390. The van der Waals surface area contributed by atoms with Gasteiger partial charge >= 0.3 is 7.12 Å². The zero-order valence-corrected chi connectivity index (χ0v) is 17.0. The Morgan fingerprint density at radius 3 is 2.57 bits per heavy atom. The van der Waals surface area contributed by atoms with Gasteiger partial charge in [0, 0.05) is 6.42 Å². The molecule has 0 radical (unpaired) electrons. The van der Waals surface area contributed by atoms with Crippen molar-refractivity contribution < 1.29 is 18.9 Å². The summed E-state index contributed by atoms with van der Waals surface area (Å²) in [4.78, 5) is 27.5. The van der Waals surface area contributed by atoms with Crippen molar-refractivity contribution in [1.82, 2.24) is 5.32 Å². The lowest BCUT2D eigenvalue weighted by Gasteiger charge is -2.32.